The molecule has 9 heteroatoms. The van der Waals surface area contributed by atoms with Crippen molar-refractivity contribution in [3.8, 4) is 11.5 Å². The SMILES string of the molecule is CC(C)c1cc(C(=N)N(C(N)=O)c2ccc(CN3CCNCC3)c(F)c2)c(O)cc1O. The van der Waals surface area contributed by atoms with E-state index in [2.05, 4.69) is 10.2 Å². The number of hydrogen-bond acceptors (Lipinski definition) is 6. The Balaban J connectivity index is 1.92. The highest BCUT2D eigenvalue weighted by molar-refractivity contribution is 6.22. The first-order valence-corrected chi connectivity index (χ1v) is 10.1. The quantitative estimate of drug-likeness (QED) is 0.369. The van der Waals surface area contributed by atoms with Crippen molar-refractivity contribution in [2.45, 2.75) is 26.3 Å². The van der Waals surface area contributed by atoms with Crippen LogP contribution >= 0.6 is 0 Å². The molecule has 0 aliphatic carbocycles. The molecular weight excluding hydrogens is 401 g/mol. The number of urea groups is 1. The molecule has 0 radical (unpaired) electrons. The molecule has 1 fully saturated rings. The highest BCUT2D eigenvalue weighted by Crippen LogP contribution is 2.33. The summed E-state index contributed by atoms with van der Waals surface area (Å²) in [6, 6.07) is 5.83. The normalized spacial score (nSPS) is 14.6. The Labute approximate surface area is 180 Å². The van der Waals surface area contributed by atoms with Crippen LogP contribution in [0, 0.1) is 11.2 Å². The number of benzene rings is 2. The summed E-state index contributed by atoms with van der Waals surface area (Å²) in [4.78, 5) is 15.1. The van der Waals surface area contributed by atoms with Crippen molar-refractivity contribution >= 4 is 17.6 Å². The van der Waals surface area contributed by atoms with Crippen LogP contribution < -0.4 is 16.0 Å². The van der Waals surface area contributed by atoms with Gasteiger partial charge in [-0.05, 0) is 29.7 Å². The van der Waals surface area contributed by atoms with Gasteiger partial charge in [0.25, 0.3) is 0 Å². The summed E-state index contributed by atoms with van der Waals surface area (Å²) in [6.07, 6.45) is 0. The number of piperazine rings is 1. The third-order valence-electron chi connectivity index (χ3n) is 5.36. The largest absolute Gasteiger partial charge is 0.508 e. The molecule has 0 atom stereocenters. The van der Waals surface area contributed by atoms with Crippen molar-refractivity contribution < 1.29 is 19.4 Å². The number of phenols is 2. The fraction of sp³-hybridized carbons (Fsp3) is 0.364. The number of rotatable bonds is 5. The monoisotopic (exact) mass is 429 g/mol. The summed E-state index contributed by atoms with van der Waals surface area (Å²) in [6.45, 7) is 7.46. The molecule has 1 heterocycles. The van der Waals surface area contributed by atoms with E-state index in [4.69, 9.17) is 11.1 Å². The lowest BCUT2D eigenvalue weighted by atomic mass is 9.98. The second-order valence-corrected chi connectivity index (χ2v) is 7.91. The summed E-state index contributed by atoms with van der Waals surface area (Å²) in [5.74, 6) is -1.50. The van der Waals surface area contributed by atoms with Crippen molar-refractivity contribution in [3.05, 3.63) is 52.8 Å². The van der Waals surface area contributed by atoms with E-state index in [0.29, 0.717) is 17.7 Å². The van der Waals surface area contributed by atoms with E-state index >= 15 is 0 Å². The van der Waals surface area contributed by atoms with Gasteiger partial charge in [-0.1, -0.05) is 19.9 Å². The number of phenolic OH excluding ortho intramolecular Hbond substituents is 2. The van der Waals surface area contributed by atoms with Gasteiger partial charge in [0.15, 0.2) is 0 Å². The number of nitrogens with one attached hydrogen (secondary N) is 2. The van der Waals surface area contributed by atoms with Crippen molar-refractivity contribution in [3.63, 3.8) is 0 Å². The van der Waals surface area contributed by atoms with Crippen LogP contribution in [0.15, 0.2) is 30.3 Å². The van der Waals surface area contributed by atoms with Gasteiger partial charge in [0.1, 0.15) is 23.2 Å². The summed E-state index contributed by atoms with van der Waals surface area (Å²) in [5.41, 5.74) is 6.57. The number of carbonyl (C=O) groups excluding carboxylic acids is 1. The van der Waals surface area contributed by atoms with Gasteiger partial charge < -0.3 is 21.3 Å². The molecule has 0 spiro atoms. The van der Waals surface area contributed by atoms with Gasteiger partial charge in [0.2, 0.25) is 0 Å². The molecule has 2 aromatic rings. The molecule has 6 N–H and O–H groups in total. The van der Waals surface area contributed by atoms with Crippen molar-refractivity contribution in [1.29, 1.82) is 5.41 Å². The van der Waals surface area contributed by atoms with Crippen LogP contribution in [-0.2, 0) is 6.54 Å². The minimum atomic E-state index is -0.988. The zero-order chi connectivity index (χ0) is 22.7. The lowest BCUT2D eigenvalue weighted by molar-refractivity contribution is 0.230. The molecule has 0 bridgehead atoms. The summed E-state index contributed by atoms with van der Waals surface area (Å²) < 4.78 is 14.8. The minimum absolute atomic E-state index is 0.00519. The van der Waals surface area contributed by atoms with E-state index in [1.54, 1.807) is 6.07 Å². The van der Waals surface area contributed by atoms with Gasteiger partial charge in [0.05, 0.1) is 11.3 Å². The van der Waals surface area contributed by atoms with Crippen molar-refractivity contribution in [2.75, 3.05) is 31.1 Å². The Kier molecular flexibility index (Phi) is 6.77. The highest BCUT2D eigenvalue weighted by Gasteiger charge is 2.25. The molecule has 2 amide bonds. The molecule has 2 aromatic carbocycles. The fourth-order valence-corrected chi connectivity index (χ4v) is 3.65. The highest BCUT2D eigenvalue weighted by atomic mass is 19.1. The molecule has 31 heavy (non-hydrogen) atoms. The van der Waals surface area contributed by atoms with Crippen LogP contribution in [0.1, 0.15) is 36.5 Å². The summed E-state index contributed by atoms with van der Waals surface area (Å²) in [5, 5.41) is 32.0. The molecule has 0 aromatic heterocycles. The van der Waals surface area contributed by atoms with Crippen LogP contribution in [-0.4, -0.2) is 53.2 Å². The number of nitrogens with zero attached hydrogens (tertiary/aromatic N) is 2. The Hall–Kier alpha value is -3.17. The van der Waals surface area contributed by atoms with Crippen molar-refractivity contribution in [2.24, 2.45) is 5.73 Å². The average Bonchev–Trinajstić information content (AvgIpc) is 2.70. The van der Waals surface area contributed by atoms with Crippen LogP contribution in [0.25, 0.3) is 0 Å². The smallest absolute Gasteiger partial charge is 0.325 e. The Bertz CT molecular complexity index is 989. The molecule has 1 aliphatic heterocycles. The fourth-order valence-electron chi connectivity index (χ4n) is 3.65. The van der Waals surface area contributed by atoms with E-state index in [1.165, 1.54) is 12.1 Å². The number of carbonyl (C=O) groups is 1. The van der Waals surface area contributed by atoms with Crippen LogP contribution in [0.4, 0.5) is 14.9 Å². The van der Waals surface area contributed by atoms with Gasteiger partial charge in [-0.25, -0.2) is 14.1 Å². The van der Waals surface area contributed by atoms with Crippen molar-refractivity contribution in [1.82, 2.24) is 10.2 Å². The maximum Gasteiger partial charge on any atom is 0.325 e. The number of halogens is 1. The van der Waals surface area contributed by atoms with E-state index in [1.807, 2.05) is 13.8 Å². The zero-order valence-corrected chi connectivity index (χ0v) is 17.7. The lowest BCUT2D eigenvalue weighted by Crippen LogP contribution is -2.43. The molecule has 166 valence electrons. The number of hydrogen-bond donors (Lipinski definition) is 5. The van der Waals surface area contributed by atoms with E-state index < -0.39 is 17.7 Å². The first-order chi connectivity index (χ1) is 14.7. The van der Waals surface area contributed by atoms with E-state index in [9.17, 15) is 19.4 Å². The van der Waals surface area contributed by atoms with Crippen LogP contribution in [0.2, 0.25) is 0 Å². The van der Waals surface area contributed by atoms with Gasteiger partial charge in [-0.2, -0.15) is 0 Å². The third kappa shape index (κ3) is 4.95. The van der Waals surface area contributed by atoms with Gasteiger partial charge in [0, 0.05) is 44.4 Å². The molecule has 3 rings (SSSR count). The summed E-state index contributed by atoms with van der Waals surface area (Å²) >= 11 is 0. The lowest BCUT2D eigenvalue weighted by Gasteiger charge is -2.28. The topological polar surface area (TPSA) is 126 Å². The first kappa shape index (κ1) is 22.5. The Morgan fingerprint density at radius 2 is 1.90 bits per heavy atom. The number of aromatic hydroxyl groups is 2. The number of amides is 2. The second-order valence-electron chi connectivity index (χ2n) is 7.91. The standard InChI is InChI=1S/C22H28FN5O3/c1-13(2)16-10-17(20(30)11-19(16)29)21(24)28(22(25)31)15-4-3-14(18(23)9-15)12-27-7-5-26-6-8-27/h3-4,9-11,13,24,26,29-30H,5-8,12H2,1-2H3,(H2,25,31). The minimum Gasteiger partial charge on any atom is -0.508 e. The number of amidine groups is 1. The molecule has 8 nitrogen and oxygen atoms in total. The second kappa shape index (κ2) is 9.32. The molecule has 0 saturated carbocycles. The van der Waals surface area contributed by atoms with Crippen LogP contribution in [0.3, 0.4) is 0 Å². The maximum absolute atomic E-state index is 14.8. The number of primary amides is 1. The summed E-state index contributed by atoms with van der Waals surface area (Å²) in [7, 11) is 0. The van der Waals surface area contributed by atoms with Gasteiger partial charge >= 0.3 is 6.03 Å². The average molecular weight is 429 g/mol. The number of anilines is 1. The molecule has 0 unspecified atom stereocenters. The number of nitrogens with two attached hydrogens (primary N) is 1. The maximum atomic E-state index is 14.8. The van der Waals surface area contributed by atoms with E-state index in [-0.39, 0.29) is 28.7 Å². The predicted molar refractivity (Wildman–Crippen MR) is 117 cm³/mol. The Morgan fingerprint density at radius 3 is 2.48 bits per heavy atom. The van der Waals surface area contributed by atoms with Crippen LogP contribution in [0.5, 0.6) is 11.5 Å². The first-order valence-electron chi connectivity index (χ1n) is 10.1. The Morgan fingerprint density at radius 1 is 1.23 bits per heavy atom. The van der Waals surface area contributed by atoms with E-state index in [0.717, 1.165) is 43.2 Å². The molecule has 1 aliphatic rings. The molecule has 1 saturated heterocycles. The third-order valence-corrected chi connectivity index (χ3v) is 5.36. The van der Waals surface area contributed by atoms with Gasteiger partial charge in [-0.15, -0.1) is 0 Å². The zero-order valence-electron chi connectivity index (χ0n) is 17.7. The molecular formula is C22H28FN5O3. The predicted octanol–water partition coefficient (Wildman–Crippen LogP) is 2.68. The van der Waals surface area contributed by atoms with Gasteiger partial charge in [-0.3, -0.25) is 10.3 Å².